The maximum Gasteiger partial charge on any atom is 0.416 e. The van der Waals surface area contributed by atoms with E-state index in [0.717, 1.165) is 35.4 Å². The van der Waals surface area contributed by atoms with E-state index in [0.29, 0.717) is 17.9 Å². The zero-order valence-corrected chi connectivity index (χ0v) is 19.5. The Morgan fingerprint density at radius 3 is 1.88 bits per heavy atom. The maximum absolute atomic E-state index is 12.7. The molecule has 3 aromatic rings. The van der Waals surface area contributed by atoms with Crippen LogP contribution < -0.4 is 14.8 Å². The molecule has 3 rings (SSSR count). The number of hydrogen-bond acceptors (Lipinski definition) is 4. The molecule has 182 valence electrons. The standard InChI is InChI=1S/C27H30F3NO3/c1-26(2,16-19-4-12-24(33-3)13-5-19)31-17-23(32)18-34-25-14-8-21(9-15-25)20-6-10-22(11-7-20)27(28,29)30/h4-15,23,31-32H,16-18H2,1-3H3/t23-/m1/s1. The number of rotatable bonds is 10. The number of methoxy groups -OCH3 is 1. The minimum Gasteiger partial charge on any atom is -0.497 e. The second kappa shape index (κ2) is 10.9. The van der Waals surface area contributed by atoms with Crippen LogP contribution in [0.25, 0.3) is 11.1 Å². The highest BCUT2D eigenvalue weighted by atomic mass is 19.4. The number of ether oxygens (including phenoxy) is 2. The maximum atomic E-state index is 12.7. The number of aliphatic hydroxyl groups excluding tert-OH is 1. The van der Waals surface area contributed by atoms with Crippen LogP contribution in [-0.2, 0) is 12.6 Å². The second-order valence-electron chi connectivity index (χ2n) is 8.85. The van der Waals surface area contributed by atoms with Gasteiger partial charge >= 0.3 is 6.18 Å². The molecule has 0 aliphatic carbocycles. The van der Waals surface area contributed by atoms with Gasteiger partial charge in [-0.2, -0.15) is 13.2 Å². The number of benzene rings is 3. The summed E-state index contributed by atoms with van der Waals surface area (Å²) in [7, 11) is 1.64. The van der Waals surface area contributed by atoms with E-state index in [2.05, 4.69) is 19.2 Å². The normalized spacial score (nSPS) is 12.9. The molecular formula is C27H30F3NO3. The lowest BCUT2D eigenvalue weighted by Crippen LogP contribution is -2.46. The van der Waals surface area contributed by atoms with Crippen LogP contribution in [0.3, 0.4) is 0 Å². The number of β-amino-alcohol motifs (C(OH)–C–C–N with tert-alkyl or cyclic N) is 1. The zero-order valence-electron chi connectivity index (χ0n) is 19.5. The Labute approximate surface area is 198 Å². The van der Waals surface area contributed by atoms with Gasteiger partial charge in [-0.1, -0.05) is 36.4 Å². The van der Waals surface area contributed by atoms with Gasteiger partial charge in [-0.05, 0) is 73.4 Å². The summed E-state index contributed by atoms with van der Waals surface area (Å²) in [6.45, 7) is 4.63. The molecule has 0 aliphatic rings. The Kier molecular flexibility index (Phi) is 8.23. The minimum absolute atomic E-state index is 0.116. The van der Waals surface area contributed by atoms with Gasteiger partial charge in [0.2, 0.25) is 0 Å². The van der Waals surface area contributed by atoms with Crippen molar-refractivity contribution in [2.45, 2.75) is 38.1 Å². The summed E-state index contributed by atoms with van der Waals surface area (Å²) >= 11 is 0. The Hall–Kier alpha value is -3.03. The number of nitrogens with one attached hydrogen (secondary N) is 1. The molecule has 0 amide bonds. The highest BCUT2D eigenvalue weighted by molar-refractivity contribution is 5.64. The fourth-order valence-electron chi connectivity index (χ4n) is 3.56. The van der Waals surface area contributed by atoms with Crippen molar-refractivity contribution in [1.82, 2.24) is 5.32 Å². The first-order valence-electron chi connectivity index (χ1n) is 11.0. The summed E-state index contributed by atoms with van der Waals surface area (Å²) in [6, 6.07) is 20.0. The first kappa shape index (κ1) is 25.6. The molecular weight excluding hydrogens is 443 g/mol. The van der Waals surface area contributed by atoms with Crippen molar-refractivity contribution >= 4 is 0 Å². The molecule has 0 spiro atoms. The first-order valence-corrected chi connectivity index (χ1v) is 11.0. The van der Waals surface area contributed by atoms with E-state index in [-0.39, 0.29) is 12.1 Å². The van der Waals surface area contributed by atoms with E-state index in [9.17, 15) is 18.3 Å². The molecule has 0 bridgehead atoms. The number of hydrogen-bond donors (Lipinski definition) is 2. The monoisotopic (exact) mass is 473 g/mol. The molecule has 0 aromatic heterocycles. The van der Waals surface area contributed by atoms with E-state index >= 15 is 0 Å². The summed E-state index contributed by atoms with van der Waals surface area (Å²) in [6.07, 6.45) is -4.27. The fraction of sp³-hybridized carbons (Fsp3) is 0.333. The summed E-state index contributed by atoms with van der Waals surface area (Å²) in [5.41, 5.74) is 1.73. The number of aliphatic hydroxyl groups is 1. The van der Waals surface area contributed by atoms with Gasteiger partial charge in [-0.3, -0.25) is 0 Å². The van der Waals surface area contributed by atoms with Gasteiger partial charge in [0.05, 0.1) is 12.7 Å². The van der Waals surface area contributed by atoms with Crippen LogP contribution in [0.5, 0.6) is 11.5 Å². The summed E-state index contributed by atoms with van der Waals surface area (Å²) < 4.78 is 49.0. The van der Waals surface area contributed by atoms with Gasteiger partial charge < -0.3 is 19.9 Å². The lowest BCUT2D eigenvalue weighted by Gasteiger charge is -2.28. The highest BCUT2D eigenvalue weighted by Gasteiger charge is 2.30. The number of halogens is 3. The molecule has 34 heavy (non-hydrogen) atoms. The third kappa shape index (κ3) is 7.50. The molecule has 0 heterocycles. The summed E-state index contributed by atoms with van der Waals surface area (Å²) in [5.74, 6) is 1.39. The predicted molar refractivity (Wildman–Crippen MR) is 127 cm³/mol. The van der Waals surface area contributed by atoms with E-state index in [1.807, 2.05) is 24.3 Å². The van der Waals surface area contributed by atoms with Crippen molar-refractivity contribution in [3.05, 3.63) is 83.9 Å². The van der Waals surface area contributed by atoms with Crippen molar-refractivity contribution in [2.75, 3.05) is 20.3 Å². The van der Waals surface area contributed by atoms with E-state index < -0.39 is 17.8 Å². The Morgan fingerprint density at radius 2 is 1.35 bits per heavy atom. The van der Waals surface area contributed by atoms with E-state index in [1.54, 1.807) is 31.4 Å². The molecule has 0 saturated heterocycles. The van der Waals surface area contributed by atoms with Crippen LogP contribution in [0.1, 0.15) is 25.0 Å². The lowest BCUT2D eigenvalue weighted by atomic mass is 9.94. The SMILES string of the molecule is COc1ccc(CC(C)(C)NC[C@@H](O)COc2ccc(-c3ccc(C(F)(F)F)cc3)cc2)cc1. The summed E-state index contributed by atoms with van der Waals surface area (Å²) in [5, 5.41) is 13.7. The largest absolute Gasteiger partial charge is 0.497 e. The number of alkyl halides is 3. The van der Waals surface area contributed by atoms with E-state index in [4.69, 9.17) is 9.47 Å². The second-order valence-corrected chi connectivity index (χ2v) is 8.85. The Bertz CT molecular complexity index is 1030. The van der Waals surface area contributed by atoms with Crippen LogP contribution in [-0.4, -0.2) is 37.0 Å². The van der Waals surface area contributed by atoms with Gasteiger partial charge in [-0.25, -0.2) is 0 Å². The van der Waals surface area contributed by atoms with Gasteiger partial charge in [0.1, 0.15) is 24.2 Å². The van der Waals surface area contributed by atoms with Gasteiger partial charge in [0, 0.05) is 12.1 Å². The van der Waals surface area contributed by atoms with Gasteiger partial charge in [0.15, 0.2) is 0 Å². The molecule has 0 fully saturated rings. The zero-order chi connectivity index (χ0) is 24.8. The average molecular weight is 474 g/mol. The van der Waals surface area contributed by atoms with Crippen LogP contribution >= 0.6 is 0 Å². The quantitative estimate of drug-likeness (QED) is 0.395. The van der Waals surface area contributed by atoms with Crippen LogP contribution in [0, 0.1) is 0 Å². The Balaban J connectivity index is 1.46. The van der Waals surface area contributed by atoms with E-state index in [1.165, 1.54) is 12.1 Å². The highest BCUT2D eigenvalue weighted by Crippen LogP contribution is 2.31. The fourth-order valence-corrected chi connectivity index (χ4v) is 3.56. The Morgan fingerprint density at radius 1 is 0.824 bits per heavy atom. The lowest BCUT2D eigenvalue weighted by molar-refractivity contribution is -0.137. The van der Waals surface area contributed by atoms with Crippen molar-refractivity contribution in [3.63, 3.8) is 0 Å². The third-order valence-corrected chi connectivity index (χ3v) is 5.46. The van der Waals surface area contributed by atoms with Crippen LogP contribution in [0.15, 0.2) is 72.8 Å². The minimum atomic E-state index is -4.35. The first-order chi connectivity index (χ1) is 16.1. The van der Waals surface area contributed by atoms with Gasteiger partial charge in [0.25, 0.3) is 0 Å². The van der Waals surface area contributed by atoms with Gasteiger partial charge in [-0.15, -0.1) is 0 Å². The molecule has 3 aromatic carbocycles. The average Bonchev–Trinajstić information content (AvgIpc) is 2.81. The molecule has 0 radical (unpaired) electrons. The molecule has 0 aliphatic heterocycles. The smallest absolute Gasteiger partial charge is 0.416 e. The van der Waals surface area contributed by atoms with Crippen molar-refractivity contribution in [2.24, 2.45) is 0 Å². The van der Waals surface area contributed by atoms with Crippen molar-refractivity contribution in [3.8, 4) is 22.6 Å². The predicted octanol–water partition coefficient (Wildman–Crippen LogP) is 5.73. The molecule has 7 heteroatoms. The topological polar surface area (TPSA) is 50.7 Å². The van der Waals surface area contributed by atoms with Crippen LogP contribution in [0.4, 0.5) is 13.2 Å². The molecule has 0 unspecified atom stereocenters. The van der Waals surface area contributed by atoms with Crippen LogP contribution in [0.2, 0.25) is 0 Å². The summed E-state index contributed by atoms with van der Waals surface area (Å²) in [4.78, 5) is 0. The molecule has 1 atom stereocenters. The molecule has 4 nitrogen and oxygen atoms in total. The van der Waals surface area contributed by atoms with Crippen molar-refractivity contribution < 1.29 is 27.8 Å². The molecule has 0 saturated carbocycles. The van der Waals surface area contributed by atoms with Crippen molar-refractivity contribution in [1.29, 1.82) is 0 Å². The third-order valence-electron chi connectivity index (χ3n) is 5.46. The molecule has 2 N–H and O–H groups in total.